The number of unbranched alkanes of at least 4 members (excludes halogenated alkanes) is 5. The first-order valence-electron chi connectivity index (χ1n) is 9.90. The zero-order chi connectivity index (χ0) is 17.8. The third kappa shape index (κ3) is 8.14. The van der Waals surface area contributed by atoms with E-state index in [0.29, 0.717) is 5.92 Å². The van der Waals surface area contributed by atoms with Gasteiger partial charge in [-0.25, -0.2) is 0 Å². The number of anilines is 1. The fraction of sp³-hybridized carbons (Fsp3) is 0.762. The monoisotopic (exact) mass is 333 g/mol. The molecule has 0 radical (unpaired) electrons. The molecule has 138 valence electrons. The Bertz CT molecular complexity index is 408. The number of hydrogen-bond acceptors (Lipinski definition) is 3. The maximum Gasteiger partial charge on any atom is 0.0547 e. The Morgan fingerprint density at radius 3 is 2.21 bits per heavy atom. The molecule has 2 rings (SSSR count). The first-order chi connectivity index (χ1) is 11.6. The van der Waals surface area contributed by atoms with Crippen molar-refractivity contribution in [2.75, 3.05) is 39.1 Å². The van der Waals surface area contributed by atoms with Crippen LogP contribution in [-0.2, 0) is 0 Å². The summed E-state index contributed by atoms with van der Waals surface area (Å²) >= 11 is 0. The molecule has 0 bridgehead atoms. The third-order valence-corrected chi connectivity index (χ3v) is 4.79. The largest absolute Gasteiger partial charge is 0.376 e. The van der Waals surface area contributed by atoms with Gasteiger partial charge in [-0.1, -0.05) is 52.4 Å². The molecule has 1 fully saturated rings. The predicted molar refractivity (Wildman–Crippen MR) is 107 cm³/mol. The van der Waals surface area contributed by atoms with Crippen LogP contribution >= 0.6 is 0 Å². The summed E-state index contributed by atoms with van der Waals surface area (Å²) in [6.07, 6.45) is 13.0. The first kappa shape index (κ1) is 21.0. The average molecular weight is 334 g/mol. The predicted octanol–water partition coefficient (Wildman–Crippen LogP) is 5.32. The first-order valence-corrected chi connectivity index (χ1v) is 9.90. The van der Waals surface area contributed by atoms with E-state index in [1.165, 1.54) is 69.3 Å². The van der Waals surface area contributed by atoms with Crippen LogP contribution in [0.5, 0.6) is 0 Å². The van der Waals surface area contributed by atoms with Crippen LogP contribution in [0, 0.1) is 0 Å². The van der Waals surface area contributed by atoms with E-state index in [1.54, 1.807) is 0 Å². The van der Waals surface area contributed by atoms with Crippen molar-refractivity contribution in [1.29, 1.82) is 0 Å². The number of nitrogens with zero attached hydrogens (tertiary/aromatic N) is 3. The maximum atomic E-state index is 4.59. The fourth-order valence-electron chi connectivity index (χ4n) is 3.16. The van der Waals surface area contributed by atoms with E-state index in [2.05, 4.69) is 47.8 Å². The topological polar surface area (TPSA) is 19.4 Å². The van der Waals surface area contributed by atoms with Crippen molar-refractivity contribution >= 4 is 5.69 Å². The Morgan fingerprint density at radius 1 is 1.08 bits per heavy atom. The fourth-order valence-corrected chi connectivity index (χ4v) is 3.16. The molecule has 1 saturated heterocycles. The summed E-state index contributed by atoms with van der Waals surface area (Å²) in [6, 6.07) is 4.34. The van der Waals surface area contributed by atoms with Gasteiger partial charge in [-0.05, 0) is 38.6 Å². The average Bonchev–Trinajstić information content (AvgIpc) is 2.59. The van der Waals surface area contributed by atoms with E-state index in [4.69, 9.17) is 0 Å². The minimum atomic E-state index is 0.620. The smallest absolute Gasteiger partial charge is 0.0547 e. The molecule has 1 aliphatic heterocycles. The van der Waals surface area contributed by atoms with E-state index in [-0.39, 0.29) is 0 Å². The summed E-state index contributed by atoms with van der Waals surface area (Å²) < 4.78 is 0. The lowest BCUT2D eigenvalue weighted by Crippen LogP contribution is -2.31. The van der Waals surface area contributed by atoms with Gasteiger partial charge < -0.3 is 9.80 Å². The van der Waals surface area contributed by atoms with Crippen LogP contribution in [0.4, 0.5) is 5.69 Å². The highest BCUT2D eigenvalue weighted by molar-refractivity contribution is 5.42. The van der Waals surface area contributed by atoms with Crippen molar-refractivity contribution in [1.82, 2.24) is 9.88 Å². The van der Waals surface area contributed by atoms with E-state index < -0.39 is 0 Å². The molecule has 2 heterocycles. The van der Waals surface area contributed by atoms with Gasteiger partial charge in [-0.2, -0.15) is 0 Å². The molecule has 3 heteroatoms. The maximum absolute atomic E-state index is 4.59. The number of aromatic nitrogens is 1. The van der Waals surface area contributed by atoms with Gasteiger partial charge in [0.15, 0.2) is 0 Å². The Balaban J connectivity index is 0.000000307. The van der Waals surface area contributed by atoms with E-state index in [0.717, 1.165) is 6.54 Å². The molecule has 0 saturated carbocycles. The SMILES string of the molecule is CCCCCCCC.CN1CCCC(c2ccc(N(C)C)cn2)C1. The lowest BCUT2D eigenvalue weighted by molar-refractivity contribution is 0.248. The second-order valence-corrected chi connectivity index (χ2v) is 7.35. The summed E-state index contributed by atoms with van der Waals surface area (Å²) in [5, 5.41) is 0. The molecule has 3 nitrogen and oxygen atoms in total. The Kier molecular flexibility index (Phi) is 10.7. The van der Waals surface area contributed by atoms with Gasteiger partial charge in [0, 0.05) is 32.3 Å². The Morgan fingerprint density at radius 2 is 1.75 bits per heavy atom. The zero-order valence-corrected chi connectivity index (χ0v) is 16.7. The highest BCUT2D eigenvalue weighted by atomic mass is 15.1. The molecule has 24 heavy (non-hydrogen) atoms. The summed E-state index contributed by atoms with van der Waals surface area (Å²) in [4.78, 5) is 9.08. The number of piperidine rings is 1. The number of likely N-dealkylation sites (N-methyl/N-ethyl adjacent to an activating group) is 1. The van der Waals surface area contributed by atoms with Gasteiger partial charge in [0.2, 0.25) is 0 Å². The lowest BCUT2D eigenvalue weighted by atomic mass is 9.94. The number of rotatable bonds is 7. The molecule has 0 amide bonds. The third-order valence-electron chi connectivity index (χ3n) is 4.79. The molecule has 0 spiro atoms. The molecular weight excluding hydrogens is 294 g/mol. The van der Waals surface area contributed by atoms with Crippen LogP contribution < -0.4 is 4.90 Å². The summed E-state index contributed by atoms with van der Waals surface area (Å²) in [6.45, 7) is 6.89. The van der Waals surface area contributed by atoms with Crippen molar-refractivity contribution in [3.8, 4) is 0 Å². The molecular formula is C21H39N3. The van der Waals surface area contributed by atoms with Crippen LogP contribution in [-0.4, -0.2) is 44.1 Å². The van der Waals surface area contributed by atoms with Crippen LogP contribution in [0.15, 0.2) is 18.3 Å². The van der Waals surface area contributed by atoms with Crippen molar-refractivity contribution in [3.63, 3.8) is 0 Å². The number of hydrogen-bond donors (Lipinski definition) is 0. The van der Waals surface area contributed by atoms with E-state index in [9.17, 15) is 0 Å². The molecule has 0 N–H and O–H groups in total. The minimum Gasteiger partial charge on any atom is -0.376 e. The van der Waals surface area contributed by atoms with Crippen LogP contribution in [0.1, 0.15) is 76.8 Å². The standard InChI is InChI=1S/C13H21N3.C8H18/c1-15(2)12-6-7-13(14-9-12)11-5-4-8-16(3)10-11;1-3-5-7-8-6-4-2/h6-7,9,11H,4-5,8,10H2,1-3H3;3-8H2,1-2H3. The van der Waals surface area contributed by atoms with Crippen molar-refractivity contribution in [2.24, 2.45) is 0 Å². The zero-order valence-electron chi connectivity index (χ0n) is 16.7. The molecule has 0 aliphatic carbocycles. The molecule has 1 unspecified atom stereocenters. The molecule has 1 aromatic rings. The summed E-state index contributed by atoms with van der Waals surface area (Å²) in [5.74, 6) is 0.620. The van der Waals surface area contributed by atoms with Gasteiger partial charge in [-0.3, -0.25) is 4.98 Å². The van der Waals surface area contributed by atoms with E-state index >= 15 is 0 Å². The van der Waals surface area contributed by atoms with Crippen molar-refractivity contribution in [2.45, 2.75) is 71.1 Å². The minimum absolute atomic E-state index is 0.620. The van der Waals surface area contributed by atoms with Gasteiger partial charge in [-0.15, -0.1) is 0 Å². The van der Waals surface area contributed by atoms with Crippen LogP contribution in [0.25, 0.3) is 0 Å². The second kappa shape index (κ2) is 12.3. The number of pyridine rings is 1. The number of likely N-dealkylation sites (tertiary alicyclic amines) is 1. The Labute approximate surface area is 150 Å². The molecule has 1 aliphatic rings. The van der Waals surface area contributed by atoms with Crippen LogP contribution in [0.3, 0.4) is 0 Å². The van der Waals surface area contributed by atoms with E-state index in [1.807, 2.05) is 20.3 Å². The van der Waals surface area contributed by atoms with Gasteiger partial charge in [0.05, 0.1) is 11.9 Å². The summed E-state index contributed by atoms with van der Waals surface area (Å²) in [7, 11) is 6.29. The van der Waals surface area contributed by atoms with Gasteiger partial charge >= 0.3 is 0 Å². The second-order valence-electron chi connectivity index (χ2n) is 7.35. The van der Waals surface area contributed by atoms with Crippen molar-refractivity contribution < 1.29 is 0 Å². The van der Waals surface area contributed by atoms with Crippen LogP contribution in [0.2, 0.25) is 0 Å². The highest BCUT2D eigenvalue weighted by Crippen LogP contribution is 2.25. The van der Waals surface area contributed by atoms with Gasteiger partial charge in [0.1, 0.15) is 0 Å². The van der Waals surface area contributed by atoms with Crippen molar-refractivity contribution in [3.05, 3.63) is 24.0 Å². The Hall–Kier alpha value is -1.09. The highest BCUT2D eigenvalue weighted by Gasteiger charge is 2.19. The van der Waals surface area contributed by atoms with Gasteiger partial charge in [0.25, 0.3) is 0 Å². The molecule has 1 aromatic heterocycles. The normalized spacial score (nSPS) is 18.0. The molecule has 0 aromatic carbocycles. The quantitative estimate of drug-likeness (QED) is 0.629. The molecule has 1 atom stereocenters. The summed E-state index contributed by atoms with van der Waals surface area (Å²) in [5.41, 5.74) is 2.42. The lowest BCUT2D eigenvalue weighted by Gasteiger charge is -2.29.